The summed E-state index contributed by atoms with van der Waals surface area (Å²) in [6, 6.07) is 18.9. The lowest BCUT2D eigenvalue weighted by Gasteiger charge is -2.17. The SMILES string of the molecule is COc1cc(OC)nc(C(Sc2ccc(N=C=O)cc2)c2ccccc2)n1. The zero-order valence-corrected chi connectivity index (χ0v) is 15.6. The van der Waals surface area contributed by atoms with E-state index in [1.807, 2.05) is 42.5 Å². The highest BCUT2D eigenvalue weighted by Gasteiger charge is 2.21. The van der Waals surface area contributed by atoms with Gasteiger partial charge in [-0.3, -0.25) is 0 Å². The van der Waals surface area contributed by atoms with Crippen molar-refractivity contribution in [3.8, 4) is 11.8 Å². The van der Waals surface area contributed by atoms with E-state index in [1.165, 1.54) is 0 Å². The Morgan fingerprint density at radius 3 is 2.15 bits per heavy atom. The van der Waals surface area contributed by atoms with E-state index in [1.54, 1.807) is 50.3 Å². The number of carbonyl (C=O) groups excluding carboxylic acids is 1. The molecule has 1 aromatic heterocycles. The van der Waals surface area contributed by atoms with E-state index in [-0.39, 0.29) is 5.25 Å². The standard InChI is InChI=1S/C20H17N3O3S/c1-25-17-12-18(26-2)23-20(22-17)19(14-6-4-3-5-7-14)27-16-10-8-15(9-11-16)21-13-24/h3-12,19H,1-2H3. The molecule has 0 amide bonds. The van der Waals surface area contributed by atoms with Crippen molar-refractivity contribution < 1.29 is 14.3 Å². The fourth-order valence-corrected chi connectivity index (χ4v) is 3.50. The molecule has 3 rings (SSSR count). The van der Waals surface area contributed by atoms with Crippen LogP contribution in [0.25, 0.3) is 0 Å². The van der Waals surface area contributed by atoms with Crippen molar-refractivity contribution in [3.63, 3.8) is 0 Å². The average molecular weight is 379 g/mol. The van der Waals surface area contributed by atoms with Gasteiger partial charge >= 0.3 is 0 Å². The van der Waals surface area contributed by atoms with Crippen molar-refractivity contribution in [3.05, 3.63) is 72.1 Å². The number of aliphatic imine (C=N–C) groups is 1. The second-order valence-electron chi connectivity index (χ2n) is 5.42. The molecule has 0 saturated carbocycles. The minimum Gasteiger partial charge on any atom is -0.481 e. The Bertz CT molecular complexity index is 920. The lowest BCUT2D eigenvalue weighted by molar-refractivity contribution is 0.368. The molecule has 0 aliphatic heterocycles. The van der Waals surface area contributed by atoms with Crippen LogP contribution in [-0.2, 0) is 4.79 Å². The summed E-state index contributed by atoms with van der Waals surface area (Å²) in [7, 11) is 3.12. The fourth-order valence-electron chi connectivity index (χ4n) is 2.43. The first kappa shape index (κ1) is 18.6. The van der Waals surface area contributed by atoms with E-state index in [9.17, 15) is 4.79 Å². The fraction of sp³-hybridized carbons (Fsp3) is 0.150. The number of hydrogen-bond donors (Lipinski definition) is 0. The molecule has 0 N–H and O–H groups in total. The van der Waals surface area contributed by atoms with Crippen LogP contribution in [0.1, 0.15) is 16.6 Å². The number of thioether (sulfide) groups is 1. The third-order valence-corrected chi connectivity index (χ3v) is 4.98. The van der Waals surface area contributed by atoms with Crippen LogP contribution in [0.15, 0.2) is 70.6 Å². The average Bonchev–Trinajstić information content (AvgIpc) is 2.73. The summed E-state index contributed by atoms with van der Waals surface area (Å²) in [4.78, 5) is 24.0. The molecule has 136 valence electrons. The van der Waals surface area contributed by atoms with Gasteiger partial charge in [0.2, 0.25) is 17.8 Å². The first-order valence-electron chi connectivity index (χ1n) is 8.10. The molecule has 0 bridgehead atoms. The molecule has 2 aromatic carbocycles. The van der Waals surface area contributed by atoms with Crippen molar-refractivity contribution in [2.75, 3.05) is 14.2 Å². The molecule has 6 nitrogen and oxygen atoms in total. The van der Waals surface area contributed by atoms with Crippen LogP contribution in [0.2, 0.25) is 0 Å². The lowest BCUT2D eigenvalue weighted by atomic mass is 10.1. The Balaban J connectivity index is 2.00. The highest BCUT2D eigenvalue weighted by Crippen LogP contribution is 2.40. The number of rotatable bonds is 7. The summed E-state index contributed by atoms with van der Waals surface area (Å²) in [5.41, 5.74) is 1.61. The maximum absolute atomic E-state index is 10.4. The van der Waals surface area contributed by atoms with Crippen molar-refractivity contribution in [1.82, 2.24) is 9.97 Å². The first-order valence-corrected chi connectivity index (χ1v) is 8.98. The van der Waals surface area contributed by atoms with E-state index in [0.29, 0.717) is 23.3 Å². The summed E-state index contributed by atoms with van der Waals surface area (Å²) >= 11 is 1.58. The zero-order valence-electron chi connectivity index (χ0n) is 14.8. The van der Waals surface area contributed by atoms with Crippen molar-refractivity contribution in [2.45, 2.75) is 10.1 Å². The molecular weight excluding hydrogens is 362 g/mol. The number of aromatic nitrogens is 2. The number of isocyanates is 1. The normalized spacial score (nSPS) is 11.3. The quantitative estimate of drug-likeness (QED) is 0.345. The molecule has 0 fully saturated rings. The van der Waals surface area contributed by atoms with Gasteiger partial charge in [0.25, 0.3) is 0 Å². The van der Waals surface area contributed by atoms with Gasteiger partial charge in [0.15, 0.2) is 5.82 Å². The molecule has 1 heterocycles. The third-order valence-electron chi connectivity index (χ3n) is 3.72. The summed E-state index contributed by atoms with van der Waals surface area (Å²) in [5.74, 6) is 1.46. The van der Waals surface area contributed by atoms with E-state index < -0.39 is 0 Å². The van der Waals surface area contributed by atoms with Gasteiger partial charge in [0.1, 0.15) is 0 Å². The van der Waals surface area contributed by atoms with Crippen LogP contribution in [0, 0.1) is 0 Å². The highest BCUT2D eigenvalue weighted by molar-refractivity contribution is 7.99. The smallest absolute Gasteiger partial charge is 0.240 e. The lowest BCUT2D eigenvalue weighted by Crippen LogP contribution is -2.06. The summed E-state index contributed by atoms with van der Waals surface area (Å²) < 4.78 is 10.6. The summed E-state index contributed by atoms with van der Waals surface area (Å²) in [6.45, 7) is 0. The number of ether oxygens (including phenoxy) is 2. The second-order valence-corrected chi connectivity index (χ2v) is 6.59. The molecule has 0 saturated heterocycles. The molecule has 7 heteroatoms. The minimum absolute atomic E-state index is 0.171. The van der Waals surface area contributed by atoms with Gasteiger partial charge in [-0.05, 0) is 29.8 Å². The monoisotopic (exact) mass is 379 g/mol. The summed E-state index contributed by atoms with van der Waals surface area (Å²) in [6.07, 6.45) is 1.54. The Hall–Kier alpha value is -3.15. The summed E-state index contributed by atoms with van der Waals surface area (Å²) in [5, 5.41) is -0.171. The van der Waals surface area contributed by atoms with Gasteiger partial charge in [0, 0.05) is 4.90 Å². The number of benzene rings is 2. The molecule has 3 aromatic rings. The van der Waals surface area contributed by atoms with Crippen LogP contribution >= 0.6 is 11.8 Å². The number of methoxy groups -OCH3 is 2. The number of hydrogen-bond acceptors (Lipinski definition) is 7. The molecule has 0 aliphatic rings. The van der Waals surface area contributed by atoms with E-state index >= 15 is 0 Å². The predicted molar refractivity (Wildman–Crippen MR) is 104 cm³/mol. The van der Waals surface area contributed by atoms with Crippen LogP contribution in [0.3, 0.4) is 0 Å². The third kappa shape index (κ3) is 4.73. The molecule has 0 radical (unpaired) electrons. The predicted octanol–water partition coefficient (Wildman–Crippen LogP) is 4.34. The maximum Gasteiger partial charge on any atom is 0.240 e. The van der Waals surface area contributed by atoms with Crippen molar-refractivity contribution >= 4 is 23.5 Å². The van der Waals surface area contributed by atoms with Crippen LogP contribution in [-0.4, -0.2) is 30.3 Å². The molecular formula is C20H17N3O3S. The first-order chi connectivity index (χ1) is 13.2. The van der Waals surface area contributed by atoms with Crippen molar-refractivity contribution in [1.29, 1.82) is 0 Å². The van der Waals surface area contributed by atoms with Crippen LogP contribution < -0.4 is 9.47 Å². The maximum atomic E-state index is 10.4. The highest BCUT2D eigenvalue weighted by atomic mass is 32.2. The van der Waals surface area contributed by atoms with Crippen molar-refractivity contribution in [2.24, 2.45) is 4.99 Å². The Labute approximate surface area is 161 Å². The van der Waals surface area contributed by atoms with Gasteiger partial charge in [-0.1, -0.05) is 30.3 Å². The topological polar surface area (TPSA) is 73.7 Å². The van der Waals surface area contributed by atoms with E-state index in [4.69, 9.17) is 9.47 Å². The van der Waals surface area contributed by atoms with E-state index in [2.05, 4.69) is 15.0 Å². The molecule has 27 heavy (non-hydrogen) atoms. The Morgan fingerprint density at radius 1 is 0.963 bits per heavy atom. The van der Waals surface area contributed by atoms with Gasteiger partial charge in [-0.15, -0.1) is 11.8 Å². The van der Waals surface area contributed by atoms with Gasteiger partial charge in [-0.25, -0.2) is 4.79 Å². The largest absolute Gasteiger partial charge is 0.481 e. The second kappa shape index (κ2) is 8.98. The molecule has 1 unspecified atom stereocenters. The van der Waals surface area contributed by atoms with Gasteiger partial charge in [-0.2, -0.15) is 15.0 Å². The molecule has 0 spiro atoms. The van der Waals surface area contributed by atoms with Gasteiger partial charge < -0.3 is 9.47 Å². The van der Waals surface area contributed by atoms with Gasteiger partial charge in [0.05, 0.1) is 31.2 Å². The zero-order chi connectivity index (χ0) is 19.1. The molecule has 0 aliphatic carbocycles. The minimum atomic E-state index is -0.171. The van der Waals surface area contributed by atoms with Crippen LogP contribution in [0.5, 0.6) is 11.8 Å². The Morgan fingerprint density at radius 2 is 1.59 bits per heavy atom. The Kier molecular flexibility index (Phi) is 6.20. The molecule has 1 atom stereocenters. The number of nitrogens with zero attached hydrogens (tertiary/aromatic N) is 3. The van der Waals surface area contributed by atoms with Crippen LogP contribution in [0.4, 0.5) is 5.69 Å². The van der Waals surface area contributed by atoms with E-state index in [0.717, 1.165) is 10.5 Å².